The third kappa shape index (κ3) is 5.26. The average Bonchev–Trinajstić information content (AvgIpc) is 3.44. The maximum atomic E-state index is 13.0. The second-order valence-electron chi connectivity index (χ2n) is 7.69. The largest absolute Gasteiger partial charge is 0.472 e. The van der Waals surface area contributed by atoms with Gasteiger partial charge in [-0.3, -0.25) is 23.9 Å². The molecule has 0 saturated carbocycles. The number of H-pyrrole nitrogens is 1. The molecule has 0 aliphatic rings. The van der Waals surface area contributed by atoms with E-state index in [9.17, 15) is 9.59 Å². The Labute approximate surface area is 209 Å². The zero-order chi connectivity index (χ0) is 25.1. The summed E-state index contributed by atoms with van der Waals surface area (Å²) in [5.74, 6) is 0.190. The van der Waals surface area contributed by atoms with Crippen molar-refractivity contribution in [2.24, 2.45) is 10.7 Å². The third-order valence-electron chi connectivity index (χ3n) is 5.16. The molecule has 0 saturated heterocycles. The summed E-state index contributed by atoms with van der Waals surface area (Å²) in [6, 6.07) is 5.09. The maximum absolute atomic E-state index is 13.0. The number of aromatic amines is 1. The van der Waals surface area contributed by atoms with E-state index in [4.69, 9.17) is 21.8 Å². The fraction of sp³-hybridized carbons (Fsp3) is 0.174. The standard InChI is InChI=1S/C23H22ClN7O3S/c1-11-8-16(28-12(2)17(11)21(32)30-19-13(3)26-6-4-15(19)24)29-23-18(22(33)31-35-23)20(25)27-9-14-5-7-34-10-14/h4-8,10H,9H2,1-3H3,(H2,25,27)(H,28,29)(H,30,32)(H,31,33). The number of halogens is 1. The van der Waals surface area contributed by atoms with Gasteiger partial charge in [0, 0.05) is 11.8 Å². The molecule has 0 aromatic carbocycles. The Morgan fingerprint density at radius 2 is 2.06 bits per heavy atom. The SMILES string of the molecule is Cc1cc(Nc2s[nH]c(=O)c2C(N)=NCc2ccoc2)nc(C)c1C(=O)Nc1c(Cl)ccnc1C. The quantitative estimate of drug-likeness (QED) is 0.213. The Morgan fingerprint density at radius 3 is 2.74 bits per heavy atom. The van der Waals surface area contributed by atoms with Gasteiger partial charge < -0.3 is 20.8 Å². The molecule has 5 N–H and O–H groups in total. The monoisotopic (exact) mass is 511 g/mol. The molecule has 4 rings (SSSR count). The molecule has 0 bridgehead atoms. The Bertz CT molecular complexity index is 1430. The lowest BCUT2D eigenvalue weighted by atomic mass is 10.1. The van der Waals surface area contributed by atoms with E-state index in [1.165, 1.54) is 6.26 Å². The van der Waals surface area contributed by atoms with Crippen LogP contribution < -0.4 is 21.9 Å². The summed E-state index contributed by atoms with van der Waals surface area (Å²) in [5.41, 5.74) is 9.45. The number of carbonyl (C=O) groups is 1. The number of amidine groups is 1. The second-order valence-corrected chi connectivity index (χ2v) is 8.91. The zero-order valence-electron chi connectivity index (χ0n) is 19.1. The fourth-order valence-corrected chi connectivity index (χ4v) is 4.47. The van der Waals surface area contributed by atoms with E-state index in [0.29, 0.717) is 44.0 Å². The molecule has 0 fully saturated rings. The van der Waals surface area contributed by atoms with Gasteiger partial charge in [0.05, 0.1) is 46.7 Å². The number of amides is 1. The van der Waals surface area contributed by atoms with Crippen LogP contribution >= 0.6 is 23.1 Å². The summed E-state index contributed by atoms with van der Waals surface area (Å²) in [5, 5.41) is 6.80. The third-order valence-corrected chi connectivity index (χ3v) is 6.28. The highest BCUT2D eigenvalue weighted by atomic mass is 35.5. The number of furan rings is 1. The lowest BCUT2D eigenvalue weighted by molar-refractivity contribution is 0.102. The zero-order valence-corrected chi connectivity index (χ0v) is 20.7. The van der Waals surface area contributed by atoms with Crippen LogP contribution in [0.15, 0.2) is 51.1 Å². The minimum atomic E-state index is -0.362. The van der Waals surface area contributed by atoms with E-state index in [0.717, 1.165) is 17.1 Å². The molecule has 0 aliphatic heterocycles. The Balaban J connectivity index is 1.58. The lowest BCUT2D eigenvalue weighted by Crippen LogP contribution is -2.22. The summed E-state index contributed by atoms with van der Waals surface area (Å²) < 4.78 is 7.69. The highest BCUT2D eigenvalue weighted by Crippen LogP contribution is 2.27. The molecular formula is C23H22ClN7O3S. The first-order valence-electron chi connectivity index (χ1n) is 10.4. The molecule has 0 unspecified atom stereocenters. The van der Waals surface area contributed by atoms with Gasteiger partial charge in [0.2, 0.25) is 0 Å². The number of carbonyl (C=O) groups excluding carboxylic acids is 1. The van der Waals surface area contributed by atoms with Gasteiger partial charge in [-0.15, -0.1) is 0 Å². The smallest absolute Gasteiger partial charge is 0.271 e. The molecule has 180 valence electrons. The summed E-state index contributed by atoms with van der Waals surface area (Å²) in [7, 11) is 0. The molecule has 4 heterocycles. The molecule has 12 heteroatoms. The number of hydrogen-bond donors (Lipinski definition) is 4. The number of nitrogens with one attached hydrogen (secondary N) is 3. The molecule has 35 heavy (non-hydrogen) atoms. The van der Waals surface area contributed by atoms with Crippen molar-refractivity contribution in [3.8, 4) is 0 Å². The van der Waals surface area contributed by atoms with Crippen molar-refractivity contribution in [3.63, 3.8) is 0 Å². The van der Waals surface area contributed by atoms with E-state index in [-0.39, 0.29) is 29.4 Å². The highest BCUT2D eigenvalue weighted by molar-refractivity contribution is 7.10. The van der Waals surface area contributed by atoms with Crippen LogP contribution in [-0.4, -0.2) is 26.1 Å². The number of aryl methyl sites for hydroxylation is 3. The van der Waals surface area contributed by atoms with Crippen LogP contribution in [0.3, 0.4) is 0 Å². The normalized spacial score (nSPS) is 11.5. The average molecular weight is 512 g/mol. The molecule has 4 aromatic heterocycles. The van der Waals surface area contributed by atoms with Crippen molar-refractivity contribution < 1.29 is 9.21 Å². The van der Waals surface area contributed by atoms with Crippen LogP contribution in [0.2, 0.25) is 5.02 Å². The molecule has 4 aromatic rings. The van der Waals surface area contributed by atoms with Gasteiger partial charge >= 0.3 is 0 Å². The molecule has 10 nitrogen and oxygen atoms in total. The van der Waals surface area contributed by atoms with Gasteiger partial charge in [0.1, 0.15) is 22.2 Å². The second kappa shape index (κ2) is 10.1. The van der Waals surface area contributed by atoms with E-state index in [1.807, 2.05) is 0 Å². The molecule has 1 amide bonds. The lowest BCUT2D eigenvalue weighted by Gasteiger charge is -2.14. The molecule has 0 radical (unpaired) electrons. The number of aliphatic imine (C=N–C) groups is 1. The van der Waals surface area contributed by atoms with Crippen molar-refractivity contribution in [2.45, 2.75) is 27.3 Å². The predicted octanol–water partition coefficient (Wildman–Crippen LogP) is 4.30. The number of pyridine rings is 2. The Kier molecular flexibility index (Phi) is 6.99. The first-order chi connectivity index (χ1) is 16.7. The van der Waals surface area contributed by atoms with Crippen LogP contribution in [0.5, 0.6) is 0 Å². The summed E-state index contributed by atoms with van der Waals surface area (Å²) in [6.45, 7) is 5.56. The van der Waals surface area contributed by atoms with Crippen molar-refractivity contribution in [1.82, 2.24) is 14.3 Å². The molecule has 0 spiro atoms. The number of nitrogens with two attached hydrogens (primary N) is 1. The molecule has 0 aliphatic carbocycles. The predicted molar refractivity (Wildman–Crippen MR) is 137 cm³/mol. The van der Waals surface area contributed by atoms with Crippen LogP contribution in [0.25, 0.3) is 0 Å². The number of hydrogen-bond acceptors (Lipinski definition) is 8. The first kappa shape index (κ1) is 24.2. The van der Waals surface area contributed by atoms with Crippen molar-refractivity contribution in [3.05, 3.63) is 85.9 Å². The fourth-order valence-electron chi connectivity index (χ4n) is 3.48. The van der Waals surface area contributed by atoms with Crippen molar-refractivity contribution >= 4 is 51.4 Å². The van der Waals surface area contributed by atoms with Gasteiger partial charge in [-0.1, -0.05) is 11.6 Å². The van der Waals surface area contributed by atoms with Crippen LogP contribution in [-0.2, 0) is 6.54 Å². The van der Waals surface area contributed by atoms with E-state index in [2.05, 4.69) is 30.0 Å². The minimum Gasteiger partial charge on any atom is -0.472 e. The first-order valence-corrected chi connectivity index (χ1v) is 11.6. The van der Waals surface area contributed by atoms with Gasteiger partial charge in [-0.05, 0) is 56.1 Å². The van der Waals surface area contributed by atoms with Gasteiger partial charge in [-0.2, -0.15) is 0 Å². The van der Waals surface area contributed by atoms with Crippen LogP contribution in [0, 0.1) is 20.8 Å². The van der Waals surface area contributed by atoms with Crippen LogP contribution in [0.4, 0.5) is 16.5 Å². The summed E-state index contributed by atoms with van der Waals surface area (Å²) in [4.78, 5) is 38.4. The van der Waals surface area contributed by atoms with E-state index in [1.54, 1.807) is 51.4 Å². The Morgan fingerprint density at radius 1 is 1.26 bits per heavy atom. The van der Waals surface area contributed by atoms with Crippen molar-refractivity contribution in [1.29, 1.82) is 0 Å². The minimum absolute atomic E-state index is 0.0874. The highest BCUT2D eigenvalue weighted by Gasteiger charge is 2.19. The van der Waals surface area contributed by atoms with Crippen LogP contribution in [0.1, 0.15) is 38.4 Å². The van der Waals surface area contributed by atoms with Gasteiger partial charge in [0.25, 0.3) is 11.5 Å². The number of anilines is 3. The van der Waals surface area contributed by atoms with E-state index >= 15 is 0 Å². The van der Waals surface area contributed by atoms with E-state index < -0.39 is 0 Å². The van der Waals surface area contributed by atoms with Gasteiger partial charge in [-0.25, -0.2) is 4.98 Å². The topological polar surface area (TPSA) is 151 Å². The number of aromatic nitrogens is 3. The maximum Gasteiger partial charge on any atom is 0.271 e. The molecular weight excluding hydrogens is 490 g/mol. The summed E-state index contributed by atoms with van der Waals surface area (Å²) >= 11 is 7.30. The van der Waals surface area contributed by atoms with Gasteiger partial charge in [0.15, 0.2) is 0 Å². The molecule has 0 atom stereocenters. The van der Waals surface area contributed by atoms with Crippen molar-refractivity contribution in [2.75, 3.05) is 10.6 Å². The number of nitrogens with zero attached hydrogens (tertiary/aromatic N) is 3. The Hall–Kier alpha value is -3.96. The summed E-state index contributed by atoms with van der Waals surface area (Å²) in [6.07, 6.45) is 4.67. The number of rotatable bonds is 7.